The highest BCUT2D eigenvalue weighted by molar-refractivity contribution is 9.10. The van der Waals surface area contributed by atoms with Gasteiger partial charge in [0.15, 0.2) is 0 Å². The average Bonchev–Trinajstić information content (AvgIpc) is 3.07. The number of nitrogens with zero attached hydrogens (tertiary/aromatic N) is 2. The molecule has 0 bridgehead atoms. The van der Waals surface area contributed by atoms with E-state index in [0.717, 1.165) is 21.3 Å². The smallest absolute Gasteiger partial charge is 0.335 e. The molecule has 10 heteroatoms. The van der Waals surface area contributed by atoms with Gasteiger partial charge >= 0.3 is 5.97 Å². The van der Waals surface area contributed by atoms with Gasteiger partial charge in [0.1, 0.15) is 4.90 Å². The van der Waals surface area contributed by atoms with Crippen molar-refractivity contribution in [3.63, 3.8) is 0 Å². The lowest BCUT2D eigenvalue weighted by Gasteiger charge is -2.38. The van der Waals surface area contributed by atoms with Crippen molar-refractivity contribution >= 4 is 55.1 Å². The third-order valence-corrected chi connectivity index (χ3v) is 9.88. The van der Waals surface area contributed by atoms with Gasteiger partial charge in [0, 0.05) is 23.2 Å². The van der Waals surface area contributed by atoms with Crippen LogP contribution in [-0.2, 0) is 26.8 Å². The van der Waals surface area contributed by atoms with Gasteiger partial charge in [-0.1, -0.05) is 51.8 Å². The Morgan fingerprint density at radius 2 is 1.69 bits per heavy atom. The number of hydrogen-bond donors (Lipinski definition) is 1. The minimum absolute atomic E-state index is 0.0648. The monoisotopic (exact) mass is 588 g/mol. The van der Waals surface area contributed by atoms with Crippen LogP contribution in [0.2, 0.25) is 5.02 Å². The lowest BCUT2D eigenvalue weighted by Crippen LogP contribution is -2.50. The molecular weight excluding hydrogens is 568 g/mol. The summed E-state index contributed by atoms with van der Waals surface area (Å²) in [6.07, 6.45) is 0.681. The van der Waals surface area contributed by atoms with Crippen molar-refractivity contribution < 1.29 is 23.1 Å². The van der Waals surface area contributed by atoms with Gasteiger partial charge in [0.2, 0.25) is 15.9 Å². The standard InChI is InChI=1S/C26H22BrClN2O5S/c27-19-9-10-22-20(15-19)26(25(33)30(22)16-17-5-7-18(8-6-17)24(31)32)11-13-29(14-12-26)36(34,35)23-4-2-1-3-21(23)28/h1-10,15H,11-14,16H2,(H,31,32). The molecule has 0 saturated carbocycles. The van der Waals surface area contributed by atoms with Crippen molar-refractivity contribution in [3.05, 3.63) is 92.9 Å². The molecule has 1 amide bonds. The first-order valence-electron chi connectivity index (χ1n) is 11.3. The van der Waals surface area contributed by atoms with E-state index in [1.807, 2.05) is 18.2 Å². The van der Waals surface area contributed by atoms with Crippen molar-refractivity contribution in [2.24, 2.45) is 0 Å². The van der Waals surface area contributed by atoms with Gasteiger partial charge in [0.25, 0.3) is 0 Å². The highest BCUT2D eigenvalue weighted by Gasteiger charge is 2.53. The largest absolute Gasteiger partial charge is 0.478 e. The summed E-state index contributed by atoms with van der Waals surface area (Å²) in [5, 5.41) is 9.34. The Balaban J connectivity index is 1.44. The van der Waals surface area contributed by atoms with Crippen LogP contribution in [0, 0.1) is 0 Å². The van der Waals surface area contributed by atoms with Crippen LogP contribution in [0.5, 0.6) is 0 Å². The molecule has 0 unspecified atom stereocenters. The Kier molecular flexibility index (Phi) is 6.45. The normalized spacial score (nSPS) is 17.4. The van der Waals surface area contributed by atoms with E-state index in [2.05, 4.69) is 15.9 Å². The molecule has 2 heterocycles. The summed E-state index contributed by atoms with van der Waals surface area (Å²) >= 11 is 9.69. The molecule has 2 aliphatic heterocycles. The number of anilines is 1. The number of sulfonamides is 1. The second-order valence-corrected chi connectivity index (χ2v) is 12.2. The molecule has 1 saturated heterocycles. The second-order valence-electron chi connectivity index (χ2n) is 8.97. The Morgan fingerprint density at radius 3 is 2.33 bits per heavy atom. The highest BCUT2D eigenvalue weighted by Crippen LogP contribution is 2.50. The van der Waals surface area contributed by atoms with Gasteiger partial charge in [-0.2, -0.15) is 4.31 Å². The quantitative estimate of drug-likeness (QED) is 0.448. The predicted octanol–water partition coefficient (Wildman–Crippen LogP) is 5.07. The summed E-state index contributed by atoms with van der Waals surface area (Å²) in [7, 11) is -3.80. The molecule has 186 valence electrons. The fourth-order valence-corrected chi connectivity index (χ4v) is 7.38. The van der Waals surface area contributed by atoms with Crippen LogP contribution in [0.15, 0.2) is 76.1 Å². The number of carbonyl (C=O) groups is 2. The minimum atomic E-state index is -3.80. The van der Waals surface area contributed by atoms with Crippen LogP contribution in [0.25, 0.3) is 0 Å². The number of carboxylic acids is 1. The summed E-state index contributed by atoms with van der Waals surface area (Å²) in [4.78, 5) is 26.9. The fraction of sp³-hybridized carbons (Fsp3) is 0.231. The number of carbonyl (C=O) groups excluding carboxylic acids is 1. The molecule has 0 aromatic heterocycles. The van der Waals surface area contributed by atoms with Crippen LogP contribution in [0.1, 0.15) is 34.3 Å². The minimum Gasteiger partial charge on any atom is -0.478 e. The summed E-state index contributed by atoms with van der Waals surface area (Å²) in [6.45, 7) is 0.662. The maximum atomic E-state index is 13.9. The van der Waals surface area contributed by atoms with E-state index >= 15 is 0 Å². The molecule has 0 atom stereocenters. The fourth-order valence-electron chi connectivity index (χ4n) is 5.09. The van der Waals surface area contributed by atoms with Crippen molar-refractivity contribution in [1.29, 1.82) is 0 Å². The van der Waals surface area contributed by atoms with Gasteiger partial charge in [-0.25, -0.2) is 13.2 Å². The zero-order valence-corrected chi connectivity index (χ0v) is 22.2. The van der Waals surface area contributed by atoms with Gasteiger partial charge in [0.05, 0.1) is 22.5 Å². The summed E-state index contributed by atoms with van der Waals surface area (Å²) in [5.74, 6) is -1.08. The number of aromatic carboxylic acids is 1. The van der Waals surface area contributed by atoms with Gasteiger partial charge in [-0.15, -0.1) is 0 Å². The number of rotatable bonds is 5. The molecule has 1 spiro atoms. The molecule has 1 N–H and O–H groups in total. The third-order valence-electron chi connectivity index (χ3n) is 6.99. The maximum absolute atomic E-state index is 13.9. The van der Waals surface area contributed by atoms with Crippen LogP contribution >= 0.6 is 27.5 Å². The van der Waals surface area contributed by atoms with Crippen molar-refractivity contribution in [3.8, 4) is 0 Å². The van der Waals surface area contributed by atoms with E-state index in [4.69, 9.17) is 16.7 Å². The number of halogens is 2. The zero-order chi connectivity index (χ0) is 25.7. The van der Waals surface area contributed by atoms with E-state index in [9.17, 15) is 18.0 Å². The molecule has 3 aromatic rings. The molecule has 36 heavy (non-hydrogen) atoms. The van der Waals surface area contributed by atoms with E-state index in [1.165, 1.54) is 22.5 Å². The van der Waals surface area contributed by atoms with Gasteiger partial charge < -0.3 is 10.0 Å². The maximum Gasteiger partial charge on any atom is 0.335 e. The molecular formula is C26H22BrClN2O5S. The van der Waals surface area contributed by atoms with Crippen LogP contribution in [0.4, 0.5) is 5.69 Å². The molecule has 0 radical (unpaired) electrons. The number of carboxylic acid groups (broad SMARTS) is 1. The lowest BCUT2D eigenvalue weighted by molar-refractivity contribution is -0.124. The van der Waals surface area contributed by atoms with E-state index in [0.29, 0.717) is 12.8 Å². The Bertz CT molecular complexity index is 1470. The van der Waals surface area contributed by atoms with E-state index in [-0.39, 0.29) is 41.0 Å². The van der Waals surface area contributed by atoms with E-state index < -0.39 is 21.4 Å². The average molecular weight is 590 g/mol. The second kappa shape index (κ2) is 9.30. The number of hydrogen-bond acceptors (Lipinski definition) is 4. The van der Waals surface area contributed by atoms with Crippen LogP contribution in [0.3, 0.4) is 0 Å². The molecule has 5 rings (SSSR count). The molecule has 2 aliphatic rings. The first-order valence-corrected chi connectivity index (χ1v) is 13.9. The number of piperidine rings is 1. The summed E-state index contributed by atoms with van der Waals surface area (Å²) in [6, 6.07) is 18.5. The van der Waals surface area contributed by atoms with Crippen molar-refractivity contribution in [2.75, 3.05) is 18.0 Å². The van der Waals surface area contributed by atoms with Crippen molar-refractivity contribution in [2.45, 2.75) is 29.7 Å². The molecule has 1 fully saturated rings. The number of fused-ring (bicyclic) bond motifs is 2. The zero-order valence-electron chi connectivity index (χ0n) is 19.0. The van der Waals surface area contributed by atoms with Crippen molar-refractivity contribution in [1.82, 2.24) is 4.31 Å². The Labute approximate surface area is 222 Å². The summed E-state index contributed by atoms with van der Waals surface area (Å²) in [5.41, 5.74) is 1.80. The van der Waals surface area contributed by atoms with E-state index in [1.54, 1.807) is 35.2 Å². The Morgan fingerprint density at radius 1 is 1.03 bits per heavy atom. The van der Waals surface area contributed by atoms with Crippen LogP contribution < -0.4 is 4.90 Å². The Hall–Kier alpha value is -2.72. The highest BCUT2D eigenvalue weighted by atomic mass is 79.9. The lowest BCUT2D eigenvalue weighted by atomic mass is 9.74. The third kappa shape index (κ3) is 4.14. The first kappa shape index (κ1) is 25.0. The molecule has 7 nitrogen and oxygen atoms in total. The number of amides is 1. The first-order chi connectivity index (χ1) is 17.1. The van der Waals surface area contributed by atoms with Gasteiger partial charge in [-0.05, 0) is 66.4 Å². The van der Waals surface area contributed by atoms with Crippen LogP contribution in [-0.4, -0.2) is 42.8 Å². The molecule has 3 aromatic carbocycles. The molecule has 0 aliphatic carbocycles. The topological polar surface area (TPSA) is 95.0 Å². The van der Waals surface area contributed by atoms with Gasteiger partial charge in [-0.3, -0.25) is 4.79 Å². The number of benzene rings is 3. The summed E-state index contributed by atoms with van der Waals surface area (Å²) < 4.78 is 28.8. The predicted molar refractivity (Wildman–Crippen MR) is 140 cm³/mol. The SMILES string of the molecule is O=C(O)c1ccc(CN2C(=O)C3(CCN(S(=O)(=O)c4ccccc4Cl)CC3)c3cc(Br)ccc32)cc1.